The monoisotopic (exact) mass is 370 g/mol. The topological polar surface area (TPSA) is 58.5 Å². The van der Waals surface area contributed by atoms with Crippen LogP contribution in [0.15, 0.2) is 23.3 Å². The first-order valence-electron chi connectivity index (χ1n) is 8.43. The van der Waals surface area contributed by atoms with Crippen LogP contribution in [-0.4, -0.2) is 54.8 Å². The number of pyridine rings is 1. The molecule has 5 nitrogen and oxygen atoms in total. The third-order valence-electron chi connectivity index (χ3n) is 4.20. The first-order chi connectivity index (χ1) is 11.7. The van der Waals surface area contributed by atoms with Crippen LogP contribution < -0.4 is 10.6 Å². The highest BCUT2D eigenvalue weighted by molar-refractivity contribution is 8.00. The average molecular weight is 371 g/mol. The van der Waals surface area contributed by atoms with Crippen molar-refractivity contribution < 1.29 is 4.74 Å². The lowest BCUT2D eigenvalue weighted by Gasteiger charge is -2.34. The van der Waals surface area contributed by atoms with E-state index in [2.05, 4.69) is 28.8 Å². The zero-order chi connectivity index (χ0) is 17.3. The molecule has 0 radical (unpaired) electrons. The van der Waals surface area contributed by atoms with Gasteiger partial charge in [-0.25, -0.2) is 4.98 Å². The number of halogens is 1. The summed E-state index contributed by atoms with van der Waals surface area (Å²) in [7, 11) is 0. The minimum atomic E-state index is 0.209. The molecule has 2 heterocycles. The third kappa shape index (κ3) is 6.15. The highest BCUT2D eigenvalue weighted by Gasteiger charge is 2.31. The van der Waals surface area contributed by atoms with Gasteiger partial charge < -0.3 is 15.4 Å². The van der Waals surface area contributed by atoms with Crippen molar-refractivity contribution in [3.05, 3.63) is 29.0 Å². The van der Waals surface area contributed by atoms with Crippen LogP contribution in [0.4, 0.5) is 0 Å². The number of guanidine groups is 1. The molecule has 134 valence electrons. The molecule has 2 rings (SSSR count). The normalized spacial score (nSPS) is 17.5. The van der Waals surface area contributed by atoms with Crippen LogP contribution in [0.2, 0.25) is 5.15 Å². The minimum absolute atomic E-state index is 0.209. The maximum absolute atomic E-state index is 5.81. The van der Waals surface area contributed by atoms with E-state index in [0.29, 0.717) is 5.15 Å². The Bertz CT molecular complexity index is 518. The van der Waals surface area contributed by atoms with E-state index in [1.807, 2.05) is 30.1 Å². The van der Waals surface area contributed by atoms with Gasteiger partial charge >= 0.3 is 0 Å². The molecule has 0 unspecified atom stereocenters. The van der Waals surface area contributed by atoms with Crippen molar-refractivity contribution in [2.45, 2.75) is 30.9 Å². The van der Waals surface area contributed by atoms with Crippen molar-refractivity contribution in [1.82, 2.24) is 15.6 Å². The molecule has 0 aliphatic carbocycles. The zero-order valence-corrected chi connectivity index (χ0v) is 16.1. The van der Waals surface area contributed by atoms with Gasteiger partial charge in [-0.15, -0.1) is 0 Å². The maximum Gasteiger partial charge on any atom is 0.191 e. The van der Waals surface area contributed by atoms with Gasteiger partial charge in [0, 0.05) is 37.2 Å². The summed E-state index contributed by atoms with van der Waals surface area (Å²) in [5, 5.41) is 7.25. The second kappa shape index (κ2) is 10.1. The summed E-state index contributed by atoms with van der Waals surface area (Å²) in [5.74, 6) is 0.874. The molecule has 1 aliphatic rings. The Labute approximate surface area is 154 Å². The quantitative estimate of drug-likeness (QED) is 0.439. The molecule has 1 saturated heterocycles. The largest absolute Gasteiger partial charge is 0.381 e. The van der Waals surface area contributed by atoms with E-state index in [0.717, 1.165) is 63.6 Å². The Balaban J connectivity index is 1.86. The van der Waals surface area contributed by atoms with E-state index < -0.39 is 0 Å². The lowest BCUT2D eigenvalue weighted by molar-refractivity contribution is 0.0794. The van der Waals surface area contributed by atoms with E-state index in [9.17, 15) is 0 Å². The maximum atomic E-state index is 5.81. The predicted octanol–water partition coefficient (Wildman–Crippen LogP) is 2.74. The fraction of sp³-hybridized carbons (Fsp3) is 0.647. The molecular weight excluding hydrogens is 344 g/mol. The van der Waals surface area contributed by atoms with Crippen LogP contribution >= 0.6 is 23.4 Å². The fourth-order valence-corrected chi connectivity index (χ4v) is 3.50. The van der Waals surface area contributed by atoms with Crippen LogP contribution in [0.5, 0.6) is 0 Å². The SMILES string of the molecule is CCNC(=NCC1(SC)CCOCC1)NCCc1ccc(Cl)nc1. The van der Waals surface area contributed by atoms with Crippen LogP contribution in [0, 0.1) is 0 Å². The second-order valence-corrected chi connectivity index (χ2v) is 7.52. The van der Waals surface area contributed by atoms with Crippen LogP contribution in [0.25, 0.3) is 0 Å². The van der Waals surface area contributed by atoms with Crippen LogP contribution in [0.1, 0.15) is 25.3 Å². The molecule has 1 aromatic rings. The third-order valence-corrected chi connectivity index (χ3v) is 5.83. The van der Waals surface area contributed by atoms with Gasteiger partial charge in [0.15, 0.2) is 5.96 Å². The van der Waals surface area contributed by atoms with Gasteiger partial charge in [0.05, 0.1) is 6.54 Å². The van der Waals surface area contributed by atoms with E-state index >= 15 is 0 Å². The number of aromatic nitrogens is 1. The summed E-state index contributed by atoms with van der Waals surface area (Å²) >= 11 is 7.72. The average Bonchev–Trinajstić information content (AvgIpc) is 2.62. The first-order valence-corrected chi connectivity index (χ1v) is 10.0. The number of nitrogens with zero attached hydrogens (tertiary/aromatic N) is 2. The second-order valence-electron chi connectivity index (χ2n) is 5.86. The minimum Gasteiger partial charge on any atom is -0.381 e. The van der Waals surface area contributed by atoms with Gasteiger partial charge in [0.25, 0.3) is 0 Å². The molecule has 0 atom stereocenters. The van der Waals surface area contributed by atoms with Crippen molar-refractivity contribution in [3.8, 4) is 0 Å². The zero-order valence-electron chi connectivity index (χ0n) is 14.5. The fourth-order valence-electron chi connectivity index (χ4n) is 2.61. The summed E-state index contributed by atoms with van der Waals surface area (Å²) in [5.41, 5.74) is 1.16. The Morgan fingerprint density at radius 1 is 1.38 bits per heavy atom. The van der Waals surface area contributed by atoms with E-state index in [4.69, 9.17) is 21.3 Å². The van der Waals surface area contributed by atoms with Crippen LogP contribution in [0.3, 0.4) is 0 Å². The summed E-state index contributed by atoms with van der Waals surface area (Å²) in [6, 6.07) is 3.83. The highest BCUT2D eigenvalue weighted by Crippen LogP contribution is 2.33. The van der Waals surface area contributed by atoms with E-state index in [1.54, 1.807) is 0 Å². The molecule has 24 heavy (non-hydrogen) atoms. The number of thioether (sulfide) groups is 1. The molecule has 0 bridgehead atoms. The van der Waals surface area contributed by atoms with Crippen molar-refractivity contribution >= 4 is 29.3 Å². The number of hydrogen-bond acceptors (Lipinski definition) is 4. The van der Waals surface area contributed by atoms with Gasteiger partial charge in [-0.2, -0.15) is 11.8 Å². The lowest BCUT2D eigenvalue weighted by atomic mass is 9.99. The van der Waals surface area contributed by atoms with Crippen molar-refractivity contribution in [2.24, 2.45) is 4.99 Å². The number of ether oxygens (including phenoxy) is 1. The van der Waals surface area contributed by atoms with Crippen molar-refractivity contribution in [1.29, 1.82) is 0 Å². The highest BCUT2D eigenvalue weighted by atomic mass is 35.5. The van der Waals surface area contributed by atoms with E-state index in [1.165, 1.54) is 0 Å². The molecule has 0 spiro atoms. The molecule has 1 aliphatic heterocycles. The van der Waals surface area contributed by atoms with Crippen molar-refractivity contribution in [3.63, 3.8) is 0 Å². The lowest BCUT2D eigenvalue weighted by Crippen LogP contribution is -2.41. The first kappa shape index (κ1) is 19.3. The van der Waals surface area contributed by atoms with Gasteiger partial charge in [-0.05, 0) is 44.1 Å². The summed E-state index contributed by atoms with van der Waals surface area (Å²) in [6.07, 6.45) is 7.00. The Morgan fingerprint density at radius 2 is 2.17 bits per heavy atom. The predicted molar refractivity (Wildman–Crippen MR) is 103 cm³/mol. The number of hydrogen-bond donors (Lipinski definition) is 2. The van der Waals surface area contributed by atoms with Gasteiger partial charge in [0.1, 0.15) is 5.15 Å². The smallest absolute Gasteiger partial charge is 0.191 e. The molecule has 2 N–H and O–H groups in total. The summed E-state index contributed by atoms with van der Waals surface area (Å²) in [6.45, 7) is 6.23. The van der Waals surface area contributed by atoms with E-state index in [-0.39, 0.29) is 4.75 Å². The summed E-state index contributed by atoms with van der Waals surface area (Å²) < 4.78 is 5.70. The number of rotatable bonds is 7. The standard InChI is InChI=1S/C17H27ClN4OS/c1-3-19-16(20-9-6-14-4-5-15(18)21-12-14)22-13-17(24-2)7-10-23-11-8-17/h4-5,12H,3,6-11,13H2,1-2H3,(H2,19,20,22). The molecular formula is C17H27ClN4OS. The molecule has 7 heteroatoms. The summed E-state index contributed by atoms with van der Waals surface area (Å²) in [4.78, 5) is 8.91. The van der Waals surface area contributed by atoms with Crippen LogP contribution in [-0.2, 0) is 11.2 Å². The van der Waals surface area contributed by atoms with Crippen molar-refractivity contribution in [2.75, 3.05) is 39.1 Å². The number of aliphatic imine (C=N–C) groups is 1. The Morgan fingerprint density at radius 3 is 2.79 bits per heavy atom. The molecule has 1 fully saturated rings. The van der Waals surface area contributed by atoms with Gasteiger partial charge in [0.2, 0.25) is 0 Å². The molecule has 1 aromatic heterocycles. The van der Waals surface area contributed by atoms with Gasteiger partial charge in [-0.1, -0.05) is 17.7 Å². The molecule has 0 saturated carbocycles. The van der Waals surface area contributed by atoms with Gasteiger partial charge in [-0.3, -0.25) is 4.99 Å². The number of nitrogens with one attached hydrogen (secondary N) is 2. The molecule has 0 aromatic carbocycles. The Hall–Kier alpha value is -0.980. The molecule has 0 amide bonds. The Kier molecular flexibility index (Phi) is 8.15.